The number of ether oxygens (including phenoxy) is 3. The fourth-order valence-electron chi connectivity index (χ4n) is 2.92. The molecule has 1 aliphatic heterocycles. The van der Waals surface area contributed by atoms with Gasteiger partial charge in [-0.1, -0.05) is 0 Å². The number of hydrogen-bond acceptors (Lipinski definition) is 5. The van der Waals surface area contributed by atoms with E-state index >= 15 is 0 Å². The summed E-state index contributed by atoms with van der Waals surface area (Å²) >= 11 is 0. The Morgan fingerprint density at radius 1 is 1.24 bits per heavy atom. The highest BCUT2D eigenvalue weighted by molar-refractivity contribution is 5.94. The molecule has 0 atom stereocenters. The standard InChI is InChI=1S/C19H22N2O4/c1-12-10-20-15(13(2)18(12)23-4)11-21(3)19(22)14-5-6-16-17(9-14)25-8-7-24-16/h5-6,9-10H,7-8,11H2,1-4H3. The molecule has 2 aromatic rings. The Morgan fingerprint density at radius 2 is 1.96 bits per heavy atom. The van der Waals surface area contributed by atoms with Crippen LogP contribution in [0.15, 0.2) is 24.4 Å². The lowest BCUT2D eigenvalue weighted by Crippen LogP contribution is -2.27. The largest absolute Gasteiger partial charge is 0.496 e. The minimum absolute atomic E-state index is 0.0993. The van der Waals surface area contributed by atoms with Crippen molar-refractivity contribution in [2.45, 2.75) is 20.4 Å². The number of carbonyl (C=O) groups excluding carboxylic acids is 1. The van der Waals surface area contributed by atoms with Gasteiger partial charge in [-0.15, -0.1) is 0 Å². The Kier molecular flexibility index (Phi) is 4.79. The van der Waals surface area contributed by atoms with Gasteiger partial charge in [0, 0.05) is 29.9 Å². The van der Waals surface area contributed by atoms with Crippen LogP contribution in [0.25, 0.3) is 0 Å². The lowest BCUT2D eigenvalue weighted by atomic mass is 10.1. The van der Waals surface area contributed by atoms with E-state index in [0.717, 1.165) is 22.6 Å². The number of hydrogen-bond donors (Lipinski definition) is 0. The first kappa shape index (κ1) is 17.1. The van der Waals surface area contributed by atoms with Crippen LogP contribution in [0.4, 0.5) is 0 Å². The molecule has 6 nitrogen and oxygen atoms in total. The molecule has 0 aliphatic carbocycles. The fraction of sp³-hybridized carbons (Fsp3) is 0.368. The Balaban J connectivity index is 1.79. The Hall–Kier alpha value is -2.76. The molecular weight excluding hydrogens is 320 g/mol. The van der Waals surface area contributed by atoms with Gasteiger partial charge in [-0.2, -0.15) is 0 Å². The van der Waals surface area contributed by atoms with Gasteiger partial charge < -0.3 is 19.1 Å². The molecule has 6 heteroatoms. The summed E-state index contributed by atoms with van der Waals surface area (Å²) in [6, 6.07) is 5.25. The second kappa shape index (κ2) is 7.01. The van der Waals surface area contributed by atoms with Gasteiger partial charge >= 0.3 is 0 Å². The third-order valence-electron chi connectivity index (χ3n) is 4.27. The molecule has 1 aromatic heterocycles. The van der Waals surface area contributed by atoms with E-state index in [1.165, 1.54) is 0 Å². The van der Waals surface area contributed by atoms with E-state index in [-0.39, 0.29) is 5.91 Å². The number of rotatable bonds is 4. The van der Waals surface area contributed by atoms with Crippen molar-refractivity contribution >= 4 is 5.91 Å². The minimum Gasteiger partial charge on any atom is -0.496 e. The number of benzene rings is 1. The summed E-state index contributed by atoms with van der Waals surface area (Å²) in [5.74, 6) is 1.99. The maximum Gasteiger partial charge on any atom is 0.254 e. The topological polar surface area (TPSA) is 60.9 Å². The molecule has 0 unspecified atom stereocenters. The summed E-state index contributed by atoms with van der Waals surface area (Å²) < 4.78 is 16.5. The highest BCUT2D eigenvalue weighted by atomic mass is 16.6. The number of nitrogens with zero attached hydrogens (tertiary/aromatic N) is 2. The van der Waals surface area contributed by atoms with Crippen molar-refractivity contribution in [2.24, 2.45) is 0 Å². The van der Waals surface area contributed by atoms with Gasteiger partial charge in [-0.25, -0.2) is 0 Å². The van der Waals surface area contributed by atoms with Crippen molar-refractivity contribution in [2.75, 3.05) is 27.4 Å². The number of pyridine rings is 1. The predicted molar refractivity (Wildman–Crippen MR) is 93.5 cm³/mol. The Bertz CT molecular complexity index is 804. The number of methoxy groups -OCH3 is 1. The molecule has 2 heterocycles. The molecule has 0 saturated heterocycles. The summed E-state index contributed by atoms with van der Waals surface area (Å²) in [6.07, 6.45) is 1.77. The summed E-state index contributed by atoms with van der Waals surface area (Å²) in [4.78, 5) is 18.8. The molecule has 1 aromatic carbocycles. The van der Waals surface area contributed by atoms with Crippen LogP contribution in [0.2, 0.25) is 0 Å². The molecule has 1 aliphatic rings. The van der Waals surface area contributed by atoms with Crippen molar-refractivity contribution in [1.29, 1.82) is 0 Å². The van der Waals surface area contributed by atoms with Crippen LogP contribution in [-0.4, -0.2) is 43.2 Å². The first-order valence-corrected chi connectivity index (χ1v) is 8.15. The van der Waals surface area contributed by atoms with Crippen molar-refractivity contribution in [3.05, 3.63) is 46.8 Å². The third-order valence-corrected chi connectivity index (χ3v) is 4.27. The van der Waals surface area contributed by atoms with Gasteiger partial charge in [0.2, 0.25) is 0 Å². The fourth-order valence-corrected chi connectivity index (χ4v) is 2.92. The number of aryl methyl sites for hydroxylation is 1. The first-order valence-electron chi connectivity index (χ1n) is 8.15. The number of amides is 1. The van der Waals surface area contributed by atoms with Crippen LogP contribution >= 0.6 is 0 Å². The van der Waals surface area contributed by atoms with Crippen LogP contribution in [0.5, 0.6) is 17.2 Å². The summed E-state index contributed by atoms with van der Waals surface area (Å²) in [5, 5.41) is 0. The lowest BCUT2D eigenvalue weighted by molar-refractivity contribution is 0.0782. The van der Waals surface area contributed by atoms with E-state index in [0.29, 0.717) is 36.8 Å². The summed E-state index contributed by atoms with van der Waals surface area (Å²) in [7, 11) is 3.40. The van der Waals surface area contributed by atoms with E-state index in [4.69, 9.17) is 14.2 Å². The van der Waals surface area contributed by atoms with E-state index in [9.17, 15) is 4.79 Å². The molecule has 0 spiro atoms. The number of carbonyl (C=O) groups is 1. The molecule has 0 bridgehead atoms. The van der Waals surface area contributed by atoms with Crippen LogP contribution in [0.3, 0.4) is 0 Å². The minimum atomic E-state index is -0.0993. The molecule has 0 saturated carbocycles. The van der Waals surface area contributed by atoms with Crippen LogP contribution in [-0.2, 0) is 6.54 Å². The van der Waals surface area contributed by atoms with Gasteiger partial charge in [-0.3, -0.25) is 9.78 Å². The average Bonchev–Trinajstić information content (AvgIpc) is 2.63. The number of aromatic nitrogens is 1. The maximum atomic E-state index is 12.7. The van der Waals surface area contributed by atoms with Gasteiger partial charge in [0.15, 0.2) is 11.5 Å². The quantitative estimate of drug-likeness (QED) is 0.855. The highest BCUT2D eigenvalue weighted by Gasteiger charge is 2.19. The third kappa shape index (κ3) is 3.38. The maximum absolute atomic E-state index is 12.7. The average molecular weight is 342 g/mol. The summed E-state index contributed by atoms with van der Waals surface area (Å²) in [5.41, 5.74) is 3.30. The lowest BCUT2D eigenvalue weighted by Gasteiger charge is -2.21. The molecule has 0 fully saturated rings. The van der Waals surface area contributed by atoms with Gasteiger partial charge in [0.05, 0.1) is 19.3 Å². The molecule has 3 rings (SSSR count). The van der Waals surface area contributed by atoms with Gasteiger partial charge in [0.25, 0.3) is 5.91 Å². The van der Waals surface area contributed by atoms with Crippen molar-refractivity contribution in [3.8, 4) is 17.2 Å². The van der Waals surface area contributed by atoms with Crippen LogP contribution in [0, 0.1) is 13.8 Å². The second-order valence-electron chi connectivity index (χ2n) is 6.07. The molecule has 25 heavy (non-hydrogen) atoms. The van der Waals surface area contributed by atoms with E-state index in [1.54, 1.807) is 43.5 Å². The molecule has 0 N–H and O–H groups in total. The first-order chi connectivity index (χ1) is 12.0. The Labute approximate surface area is 147 Å². The smallest absolute Gasteiger partial charge is 0.254 e. The zero-order valence-corrected chi connectivity index (χ0v) is 15.0. The van der Waals surface area contributed by atoms with E-state index in [1.807, 2.05) is 13.8 Å². The zero-order valence-electron chi connectivity index (χ0n) is 15.0. The second-order valence-corrected chi connectivity index (χ2v) is 6.07. The highest BCUT2D eigenvalue weighted by Crippen LogP contribution is 2.31. The Morgan fingerprint density at radius 3 is 2.68 bits per heavy atom. The number of fused-ring (bicyclic) bond motifs is 1. The van der Waals surface area contributed by atoms with Gasteiger partial charge in [-0.05, 0) is 32.0 Å². The molecule has 132 valence electrons. The zero-order chi connectivity index (χ0) is 18.0. The monoisotopic (exact) mass is 342 g/mol. The van der Waals surface area contributed by atoms with E-state index in [2.05, 4.69) is 4.98 Å². The van der Waals surface area contributed by atoms with Crippen LogP contribution in [0.1, 0.15) is 27.2 Å². The molecular formula is C19H22N2O4. The van der Waals surface area contributed by atoms with Crippen LogP contribution < -0.4 is 14.2 Å². The normalized spacial score (nSPS) is 12.6. The predicted octanol–water partition coefficient (Wildman–Crippen LogP) is 2.75. The summed E-state index contributed by atoms with van der Waals surface area (Å²) in [6.45, 7) is 5.33. The van der Waals surface area contributed by atoms with E-state index < -0.39 is 0 Å². The SMILES string of the molecule is COc1c(C)cnc(CN(C)C(=O)c2ccc3c(c2)OCCO3)c1C. The van der Waals surface area contributed by atoms with Gasteiger partial charge in [0.1, 0.15) is 19.0 Å². The molecule has 1 amide bonds. The molecule has 0 radical (unpaired) electrons. The van der Waals surface area contributed by atoms with Crippen molar-refractivity contribution in [1.82, 2.24) is 9.88 Å². The van der Waals surface area contributed by atoms with Crippen molar-refractivity contribution < 1.29 is 19.0 Å². The van der Waals surface area contributed by atoms with Crippen molar-refractivity contribution in [3.63, 3.8) is 0 Å².